The van der Waals surface area contributed by atoms with Crippen LogP contribution < -0.4 is 0 Å². The average molecular weight is 278 g/mol. The van der Waals surface area contributed by atoms with Gasteiger partial charge in [0.05, 0.1) is 5.92 Å². The molecule has 0 saturated heterocycles. The first kappa shape index (κ1) is 14.6. The molecule has 0 spiro atoms. The summed E-state index contributed by atoms with van der Waals surface area (Å²) >= 11 is 0. The van der Waals surface area contributed by atoms with Gasteiger partial charge in [-0.25, -0.2) is 0 Å². The molecule has 20 heavy (non-hydrogen) atoms. The van der Waals surface area contributed by atoms with E-state index in [1.165, 1.54) is 0 Å². The molecule has 0 heterocycles. The van der Waals surface area contributed by atoms with Crippen molar-refractivity contribution < 1.29 is 13.2 Å². The normalized spacial score (nSPS) is 13.2. The molecule has 0 aliphatic heterocycles. The van der Waals surface area contributed by atoms with Crippen molar-refractivity contribution >= 4 is 0 Å². The van der Waals surface area contributed by atoms with E-state index in [1.54, 1.807) is 24.3 Å². The highest BCUT2D eigenvalue weighted by molar-refractivity contribution is 5.26. The zero-order chi connectivity index (χ0) is 14.6. The lowest BCUT2D eigenvalue weighted by Crippen LogP contribution is -2.21. The number of halogens is 3. The monoisotopic (exact) mass is 278 g/mol. The molecule has 0 aliphatic rings. The van der Waals surface area contributed by atoms with Crippen LogP contribution in [-0.4, -0.2) is 6.18 Å². The van der Waals surface area contributed by atoms with Crippen molar-refractivity contribution in [2.45, 2.75) is 31.9 Å². The topological polar surface area (TPSA) is 0 Å². The fourth-order valence-electron chi connectivity index (χ4n) is 2.27. The van der Waals surface area contributed by atoms with Crippen LogP contribution in [0.15, 0.2) is 54.6 Å². The molecule has 0 amide bonds. The van der Waals surface area contributed by atoms with Gasteiger partial charge in [0.25, 0.3) is 0 Å². The number of aryl methyl sites for hydroxylation is 2. The molecular formula is C17H17F3. The van der Waals surface area contributed by atoms with Crippen LogP contribution in [0.4, 0.5) is 13.2 Å². The SMILES string of the molecule is Cc1ccc([C@@H](CCc2ccccc2)C(F)(F)F)cc1. The Bertz CT molecular complexity index is 526. The Hall–Kier alpha value is -1.77. The quantitative estimate of drug-likeness (QED) is 0.714. The van der Waals surface area contributed by atoms with Crippen LogP contribution in [0.5, 0.6) is 0 Å². The number of alkyl halides is 3. The maximum atomic E-state index is 13.2. The lowest BCUT2D eigenvalue weighted by molar-refractivity contribution is -0.151. The van der Waals surface area contributed by atoms with E-state index in [9.17, 15) is 13.2 Å². The van der Waals surface area contributed by atoms with Gasteiger partial charge in [0.1, 0.15) is 0 Å². The molecule has 0 nitrogen and oxygen atoms in total. The van der Waals surface area contributed by atoms with E-state index in [4.69, 9.17) is 0 Å². The minimum atomic E-state index is -4.20. The molecule has 2 rings (SSSR count). The maximum absolute atomic E-state index is 13.2. The Morgan fingerprint density at radius 2 is 1.50 bits per heavy atom. The first-order valence-electron chi connectivity index (χ1n) is 6.64. The predicted octanol–water partition coefficient (Wildman–Crippen LogP) is 5.27. The van der Waals surface area contributed by atoms with Crippen LogP contribution >= 0.6 is 0 Å². The Morgan fingerprint density at radius 1 is 0.900 bits per heavy atom. The van der Waals surface area contributed by atoms with Crippen molar-refractivity contribution in [3.63, 3.8) is 0 Å². The van der Waals surface area contributed by atoms with Gasteiger partial charge in [0, 0.05) is 0 Å². The molecule has 106 valence electrons. The van der Waals surface area contributed by atoms with Gasteiger partial charge in [-0.2, -0.15) is 13.2 Å². The highest BCUT2D eigenvalue weighted by atomic mass is 19.4. The van der Waals surface area contributed by atoms with Crippen molar-refractivity contribution in [1.82, 2.24) is 0 Å². The van der Waals surface area contributed by atoms with Crippen LogP contribution in [0.1, 0.15) is 29.0 Å². The fraction of sp³-hybridized carbons (Fsp3) is 0.294. The van der Waals surface area contributed by atoms with E-state index < -0.39 is 12.1 Å². The minimum absolute atomic E-state index is 0.0799. The summed E-state index contributed by atoms with van der Waals surface area (Å²) in [5, 5.41) is 0. The molecule has 2 aromatic rings. The van der Waals surface area contributed by atoms with E-state index in [1.807, 2.05) is 37.3 Å². The first-order chi connectivity index (χ1) is 9.47. The van der Waals surface area contributed by atoms with Crippen molar-refractivity contribution in [2.75, 3.05) is 0 Å². The van der Waals surface area contributed by atoms with Gasteiger partial charge >= 0.3 is 6.18 Å². The van der Waals surface area contributed by atoms with Crippen LogP contribution in [0.25, 0.3) is 0 Å². The van der Waals surface area contributed by atoms with Crippen LogP contribution in [0.2, 0.25) is 0 Å². The molecule has 0 aromatic heterocycles. The molecule has 1 atom stereocenters. The van der Waals surface area contributed by atoms with E-state index in [0.29, 0.717) is 12.0 Å². The van der Waals surface area contributed by atoms with E-state index in [0.717, 1.165) is 11.1 Å². The van der Waals surface area contributed by atoms with Gasteiger partial charge in [-0.05, 0) is 30.9 Å². The second kappa shape index (κ2) is 6.12. The Kier molecular flexibility index (Phi) is 4.48. The average Bonchev–Trinajstić information content (AvgIpc) is 2.41. The molecular weight excluding hydrogens is 261 g/mol. The summed E-state index contributed by atoms with van der Waals surface area (Å²) in [6, 6.07) is 15.9. The molecule has 0 unspecified atom stereocenters. The summed E-state index contributed by atoms with van der Waals surface area (Å²) in [6.07, 6.45) is -3.69. The predicted molar refractivity (Wildman–Crippen MR) is 74.7 cm³/mol. The molecule has 3 heteroatoms. The van der Waals surface area contributed by atoms with Crippen LogP contribution in [0.3, 0.4) is 0 Å². The summed E-state index contributed by atoms with van der Waals surface area (Å²) in [7, 11) is 0. The summed E-state index contributed by atoms with van der Waals surface area (Å²) < 4.78 is 39.6. The van der Waals surface area contributed by atoms with Gasteiger partial charge in [-0.3, -0.25) is 0 Å². The maximum Gasteiger partial charge on any atom is 0.395 e. The van der Waals surface area contributed by atoms with E-state index in [-0.39, 0.29) is 6.42 Å². The number of benzene rings is 2. The number of rotatable bonds is 4. The summed E-state index contributed by atoms with van der Waals surface area (Å²) in [6.45, 7) is 1.87. The molecule has 0 saturated carbocycles. The van der Waals surface area contributed by atoms with Crippen molar-refractivity contribution in [3.8, 4) is 0 Å². The Morgan fingerprint density at radius 3 is 2.05 bits per heavy atom. The second-order valence-corrected chi connectivity index (χ2v) is 5.03. The summed E-state index contributed by atoms with van der Waals surface area (Å²) in [5.74, 6) is -1.40. The van der Waals surface area contributed by atoms with Gasteiger partial charge in [0.15, 0.2) is 0 Å². The Balaban J connectivity index is 2.14. The molecule has 0 fully saturated rings. The fourth-order valence-corrected chi connectivity index (χ4v) is 2.27. The lowest BCUT2D eigenvalue weighted by atomic mass is 9.91. The zero-order valence-electron chi connectivity index (χ0n) is 11.3. The first-order valence-corrected chi connectivity index (χ1v) is 6.64. The standard InChI is InChI=1S/C17H17F3/c1-13-7-10-15(11-8-13)16(17(18,19)20)12-9-14-5-3-2-4-6-14/h2-8,10-11,16H,9,12H2,1H3/t16-/m1/s1. The third kappa shape index (κ3) is 3.86. The lowest BCUT2D eigenvalue weighted by Gasteiger charge is -2.21. The molecule has 2 aromatic carbocycles. The van der Waals surface area contributed by atoms with E-state index >= 15 is 0 Å². The van der Waals surface area contributed by atoms with Crippen LogP contribution in [-0.2, 0) is 6.42 Å². The van der Waals surface area contributed by atoms with E-state index in [2.05, 4.69) is 0 Å². The van der Waals surface area contributed by atoms with Crippen molar-refractivity contribution in [2.24, 2.45) is 0 Å². The summed E-state index contributed by atoms with van der Waals surface area (Å²) in [4.78, 5) is 0. The van der Waals surface area contributed by atoms with Gasteiger partial charge in [0.2, 0.25) is 0 Å². The van der Waals surface area contributed by atoms with Crippen LogP contribution in [0, 0.1) is 6.92 Å². The molecule has 0 radical (unpaired) electrons. The van der Waals surface area contributed by atoms with Gasteiger partial charge in [-0.1, -0.05) is 60.2 Å². The van der Waals surface area contributed by atoms with Crippen molar-refractivity contribution in [3.05, 3.63) is 71.3 Å². The van der Waals surface area contributed by atoms with Crippen molar-refractivity contribution in [1.29, 1.82) is 0 Å². The molecule has 0 N–H and O–H groups in total. The van der Waals surface area contributed by atoms with Gasteiger partial charge in [-0.15, -0.1) is 0 Å². The number of hydrogen-bond donors (Lipinski definition) is 0. The second-order valence-electron chi connectivity index (χ2n) is 5.03. The number of hydrogen-bond acceptors (Lipinski definition) is 0. The smallest absolute Gasteiger partial charge is 0.170 e. The minimum Gasteiger partial charge on any atom is -0.170 e. The molecule has 0 bridgehead atoms. The highest BCUT2D eigenvalue weighted by Crippen LogP contribution is 2.38. The highest BCUT2D eigenvalue weighted by Gasteiger charge is 2.40. The Labute approximate surface area is 117 Å². The third-order valence-corrected chi connectivity index (χ3v) is 3.44. The summed E-state index contributed by atoms with van der Waals surface area (Å²) in [5.41, 5.74) is 2.26. The van der Waals surface area contributed by atoms with Gasteiger partial charge < -0.3 is 0 Å². The zero-order valence-corrected chi connectivity index (χ0v) is 11.3. The molecule has 0 aliphatic carbocycles. The third-order valence-electron chi connectivity index (χ3n) is 3.44. The largest absolute Gasteiger partial charge is 0.395 e.